The molecule has 2 heterocycles. The first-order chi connectivity index (χ1) is 13.2. The first-order valence-corrected chi connectivity index (χ1v) is 10.6. The molecule has 4 rings (SSSR count). The average Bonchev–Trinajstić information content (AvgIpc) is 2.73. The fraction of sp³-hybridized carbons (Fsp3) is 0.667. The molecular formula is C21H29ClN2O3. The lowest BCUT2D eigenvalue weighted by Gasteiger charge is -2.48. The molecule has 5 nitrogen and oxygen atoms in total. The van der Waals surface area contributed by atoms with Crippen LogP contribution in [0.2, 0.25) is 5.02 Å². The van der Waals surface area contributed by atoms with Gasteiger partial charge in [-0.25, -0.2) is 0 Å². The van der Waals surface area contributed by atoms with Crippen LogP contribution in [0.3, 0.4) is 0 Å². The van der Waals surface area contributed by atoms with Gasteiger partial charge in [0.1, 0.15) is 12.4 Å². The zero-order valence-corrected chi connectivity index (χ0v) is 16.6. The van der Waals surface area contributed by atoms with E-state index >= 15 is 0 Å². The number of carbonyl (C=O) groups is 1. The minimum absolute atomic E-state index is 0.0917. The van der Waals surface area contributed by atoms with E-state index < -0.39 is 0 Å². The van der Waals surface area contributed by atoms with Gasteiger partial charge in [-0.15, -0.1) is 0 Å². The molecule has 148 valence electrons. The Bertz CT molecular complexity index is 669. The number of rotatable bonds is 4. The summed E-state index contributed by atoms with van der Waals surface area (Å²) in [6.07, 6.45) is 6.79. The van der Waals surface area contributed by atoms with Crippen molar-refractivity contribution in [3.8, 4) is 5.75 Å². The molecule has 1 amide bonds. The van der Waals surface area contributed by atoms with Crippen LogP contribution in [0.15, 0.2) is 18.2 Å². The molecule has 2 aliphatic heterocycles. The van der Waals surface area contributed by atoms with E-state index in [1.54, 1.807) is 0 Å². The lowest BCUT2D eigenvalue weighted by atomic mass is 9.79. The summed E-state index contributed by atoms with van der Waals surface area (Å²) in [6.45, 7) is 4.69. The smallest absolute Gasteiger partial charge is 0.226 e. The van der Waals surface area contributed by atoms with E-state index in [1.165, 1.54) is 19.3 Å². The van der Waals surface area contributed by atoms with Gasteiger partial charge < -0.3 is 14.8 Å². The predicted molar refractivity (Wildman–Crippen MR) is 105 cm³/mol. The largest absolute Gasteiger partial charge is 0.492 e. The second-order valence-electron chi connectivity index (χ2n) is 8.07. The molecule has 1 saturated carbocycles. The summed E-state index contributed by atoms with van der Waals surface area (Å²) in [7, 11) is 0. The Kier molecular flexibility index (Phi) is 5.90. The number of hydrogen-bond donors (Lipinski definition) is 1. The van der Waals surface area contributed by atoms with Crippen LogP contribution in [0.25, 0.3) is 0 Å². The van der Waals surface area contributed by atoms with Crippen LogP contribution in [0, 0.1) is 5.92 Å². The van der Waals surface area contributed by atoms with Gasteiger partial charge in [-0.3, -0.25) is 9.69 Å². The van der Waals surface area contributed by atoms with Gasteiger partial charge in [0, 0.05) is 30.2 Å². The monoisotopic (exact) mass is 392 g/mol. The minimum Gasteiger partial charge on any atom is -0.492 e. The van der Waals surface area contributed by atoms with Crippen molar-refractivity contribution in [2.24, 2.45) is 5.92 Å². The second-order valence-corrected chi connectivity index (χ2v) is 8.50. The molecule has 27 heavy (non-hydrogen) atoms. The maximum absolute atomic E-state index is 12.9. The molecule has 0 aromatic heterocycles. The molecule has 1 unspecified atom stereocenters. The number of morpholine rings is 1. The molecule has 3 aliphatic rings. The number of benzene rings is 1. The maximum atomic E-state index is 12.9. The van der Waals surface area contributed by atoms with Gasteiger partial charge in [-0.05, 0) is 43.0 Å². The van der Waals surface area contributed by atoms with E-state index in [1.807, 2.05) is 18.2 Å². The Labute approximate surface area is 166 Å². The summed E-state index contributed by atoms with van der Waals surface area (Å²) in [5.41, 5.74) is 1.11. The van der Waals surface area contributed by atoms with Crippen molar-refractivity contribution in [3.63, 3.8) is 0 Å². The SMILES string of the molecule is O=C(NCC1(N2CCOCC2)CCCCC1)C1COc2ccc(Cl)cc2C1. The van der Waals surface area contributed by atoms with Gasteiger partial charge in [0.05, 0.1) is 19.1 Å². The molecule has 0 radical (unpaired) electrons. The molecule has 1 aromatic carbocycles. The Balaban J connectivity index is 1.39. The van der Waals surface area contributed by atoms with Gasteiger partial charge in [-0.1, -0.05) is 30.9 Å². The van der Waals surface area contributed by atoms with Crippen molar-refractivity contribution in [2.45, 2.75) is 44.1 Å². The number of ether oxygens (including phenoxy) is 2. The number of halogens is 1. The van der Waals surface area contributed by atoms with Crippen molar-refractivity contribution in [1.29, 1.82) is 0 Å². The molecule has 1 aromatic rings. The molecule has 1 atom stereocenters. The zero-order valence-electron chi connectivity index (χ0n) is 15.8. The van der Waals surface area contributed by atoms with Gasteiger partial charge in [-0.2, -0.15) is 0 Å². The van der Waals surface area contributed by atoms with Crippen LogP contribution in [-0.2, 0) is 16.0 Å². The molecule has 6 heteroatoms. The third-order valence-electron chi connectivity index (χ3n) is 6.36. The van der Waals surface area contributed by atoms with Crippen LogP contribution in [0.5, 0.6) is 5.75 Å². The standard InChI is InChI=1S/C21H29ClN2O3/c22-18-4-5-19-16(13-18)12-17(14-27-19)20(25)23-15-21(6-2-1-3-7-21)24-8-10-26-11-9-24/h4-5,13,17H,1-3,6-12,14-15H2,(H,23,25). The van der Waals surface area contributed by atoms with Crippen molar-refractivity contribution in [3.05, 3.63) is 28.8 Å². The number of nitrogens with zero attached hydrogens (tertiary/aromatic N) is 1. The van der Waals surface area contributed by atoms with Crippen LogP contribution >= 0.6 is 11.6 Å². The highest BCUT2D eigenvalue weighted by molar-refractivity contribution is 6.30. The highest BCUT2D eigenvalue weighted by Crippen LogP contribution is 2.34. The van der Waals surface area contributed by atoms with Gasteiger partial charge in [0.25, 0.3) is 0 Å². The number of nitrogens with one attached hydrogen (secondary N) is 1. The van der Waals surface area contributed by atoms with Crippen molar-refractivity contribution in [2.75, 3.05) is 39.5 Å². The summed E-state index contributed by atoms with van der Waals surface area (Å²) < 4.78 is 11.3. The normalized spacial score (nSPS) is 25.3. The number of carbonyl (C=O) groups excluding carboxylic acids is 1. The highest BCUT2D eigenvalue weighted by atomic mass is 35.5. The molecular weight excluding hydrogens is 364 g/mol. The third kappa shape index (κ3) is 4.25. The Morgan fingerprint density at radius 2 is 2.00 bits per heavy atom. The summed E-state index contributed by atoms with van der Waals surface area (Å²) in [4.78, 5) is 15.5. The second kappa shape index (κ2) is 8.38. The highest BCUT2D eigenvalue weighted by Gasteiger charge is 2.39. The van der Waals surface area contributed by atoms with Crippen LogP contribution < -0.4 is 10.1 Å². The molecule has 1 N–H and O–H groups in total. The van der Waals surface area contributed by atoms with E-state index in [2.05, 4.69) is 10.2 Å². The number of amides is 1. The first-order valence-electron chi connectivity index (χ1n) is 10.2. The summed E-state index contributed by atoms with van der Waals surface area (Å²) in [5.74, 6) is 0.792. The van der Waals surface area contributed by atoms with Gasteiger partial charge >= 0.3 is 0 Å². The molecule has 1 aliphatic carbocycles. The van der Waals surface area contributed by atoms with Crippen LogP contribution in [0.1, 0.15) is 37.7 Å². The van der Waals surface area contributed by atoms with E-state index in [4.69, 9.17) is 21.1 Å². The molecule has 1 saturated heterocycles. The van der Waals surface area contributed by atoms with Crippen molar-refractivity contribution in [1.82, 2.24) is 10.2 Å². The lowest BCUT2D eigenvalue weighted by molar-refractivity contribution is -0.127. The molecule has 0 spiro atoms. The van der Waals surface area contributed by atoms with Crippen LogP contribution in [0.4, 0.5) is 0 Å². The van der Waals surface area contributed by atoms with E-state index in [0.717, 1.165) is 57.0 Å². The summed E-state index contributed by atoms with van der Waals surface area (Å²) in [5, 5.41) is 3.96. The Morgan fingerprint density at radius 1 is 1.22 bits per heavy atom. The van der Waals surface area contributed by atoms with Gasteiger partial charge in [0.2, 0.25) is 5.91 Å². The lowest BCUT2D eigenvalue weighted by Crippen LogP contribution is -2.60. The van der Waals surface area contributed by atoms with Crippen molar-refractivity contribution >= 4 is 17.5 Å². The van der Waals surface area contributed by atoms with E-state index in [-0.39, 0.29) is 17.4 Å². The predicted octanol–water partition coefficient (Wildman–Crippen LogP) is 3.04. The van der Waals surface area contributed by atoms with Gasteiger partial charge in [0.15, 0.2) is 0 Å². The molecule has 2 fully saturated rings. The van der Waals surface area contributed by atoms with E-state index in [0.29, 0.717) is 18.1 Å². The topological polar surface area (TPSA) is 50.8 Å². The minimum atomic E-state index is -0.152. The Morgan fingerprint density at radius 3 is 2.78 bits per heavy atom. The molecule has 0 bridgehead atoms. The summed E-state index contributed by atoms with van der Waals surface area (Å²) >= 11 is 6.10. The number of fused-ring (bicyclic) bond motifs is 1. The van der Waals surface area contributed by atoms with Crippen molar-refractivity contribution < 1.29 is 14.3 Å². The van der Waals surface area contributed by atoms with Crippen LogP contribution in [-0.4, -0.2) is 55.8 Å². The first kappa shape index (κ1) is 19.0. The fourth-order valence-corrected chi connectivity index (χ4v) is 4.97. The fourth-order valence-electron chi connectivity index (χ4n) is 4.78. The quantitative estimate of drug-likeness (QED) is 0.855. The zero-order chi connectivity index (χ0) is 18.7. The van der Waals surface area contributed by atoms with E-state index in [9.17, 15) is 4.79 Å². The number of hydrogen-bond acceptors (Lipinski definition) is 4. The third-order valence-corrected chi connectivity index (χ3v) is 6.59. The summed E-state index contributed by atoms with van der Waals surface area (Å²) in [6, 6.07) is 5.63. The maximum Gasteiger partial charge on any atom is 0.226 e. The average molecular weight is 393 g/mol. The Hall–Kier alpha value is -1.30.